The molecule has 2 aromatic rings. The lowest BCUT2D eigenvalue weighted by Gasteiger charge is -2.12. The van der Waals surface area contributed by atoms with Crippen molar-refractivity contribution in [1.82, 2.24) is 0 Å². The van der Waals surface area contributed by atoms with Gasteiger partial charge in [-0.25, -0.2) is 0 Å². The molecule has 0 bridgehead atoms. The minimum absolute atomic E-state index is 0.0792. The van der Waals surface area contributed by atoms with E-state index in [2.05, 4.69) is 18.7 Å². The molecule has 2 heteroatoms. The van der Waals surface area contributed by atoms with E-state index in [0.717, 1.165) is 33.8 Å². The summed E-state index contributed by atoms with van der Waals surface area (Å²) in [5, 5.41) is 0. The van der Waals surface area contributed by atoms with Crippen LogP contribution in [0.4, 0.5) is 0 Å². The van der Waals surface area contributed by atoms with Gasteiger partial charge in [0, 0.05) is 11.1 Å². The molecule has 0 fully saturated rings. The molecule has 0 unspecified atom stereocenters. The maximum absolute atomic E-state index is 6.01. The van der Waals surface area contributed by atoms with Gasteiger partial charge in [-0.05, 0) is 42.3 Å². The SMILES string of the molecule is C=C(C)[C@H]1Oc2ccccc2/C1=C\c1ccc(OC)cc1. The Morgan fingerprint density at radius 3 is 2.52 bits per heavy atom. The van der Waals surface area contributed by atoms with Gasteiger partial charge >= 0.3 is 0 Å². The highest BCUT2D eigenvalue weighted by atomic mass is 16.5. The van der Waals surface area contributed by atoms with E-state index in [1.807, 2.05) is 49.4 Å². The van der Waals surface area contributed by atoms with Gasteiger partial charge in [-0.3, -0.25) is 0 Å². The van der Waals surface area contributed by atoms with Crippen LogP contribution in [0.25, 0.3) is 11.6 Å². The van der Waals surface area contributed by atoms with E-state index in [1.165, 1.54) is 0 Å². The third-order valence-corrected chi connectivity index (χ3v) is 3.61. The highest BCUT2D eigenvalue weighted by Gasteiger charge is 2.28. The van der Waals surface area contributed by atoms with Crippen LogP contribution in [-0.4, -0.2) is 13.2 Å². The van der Waals surface area contributed by atoms with Gasteiger partial charge in [-0.15, -0.1) is 0 Å². The summed E-state index contributed by atoms with van der Waals surface area (Å²) in [6.45, 7) is 6.05. The fourth-order valence-electron chi connectivity index (χ4n) is 2.54. The Morgan fingerprint density at radius 1 is 1.14 bits per heavy atom. The van der Waals surface area contributed by atoms with E-state index in [1.54, 1.807) is 7.11 Å². The molecule has 106 valence electrons. The van der Waals surface area contributed by atoms with Crippen molar-refractivity contribution in [1.29, 1.82) is 0 Å². The summed E-state index contributed by atoms with van der Waals surface area (Å²) >= 11 is 0. The van der Waals surface area contributed by atoms with Crippen molar-refractivity contribution in [2.45, 2.75) is 13.0 Å². The molecular weight excluding hydrogens is 260 g/mol. The molecule has 21 heavy (non-hydrogen) atoms. The van der Waals surface area contributed by atoms with Crippen LogP contribution in [0.5, 0.6) is 11.5 Å². The van der Waals surface area contributed by atoms with E-state index >= 15 is 0 Å². The fraction of sp³-hybridized carbons (Fsp3) is 0.158. The minimum atomic E-state index is -0.0792. The zero-order chi connectivity index (χ0) is 14.8. The van der Waals surface area contributed by atoms with E-state index in [-0.39, 0.29) is 6.10 Å². The van der Waals surface area contributed by atoms with Gasteiger partial charge in [-0.2, -0.15) is 0 Å². The number of hydrogen-bond donors (Lipinski definition) is 0. The largest absolute Gasteiger partial charge is 0.497 e. The van der Waals surface area contributed by atoms with Gasteiger partial charge in [0.05, 0.1) is 7.11 Å². The average molecular weight is 278 g/mol. The highest BCUT2D eigenvalue weighted by Crippen LogP contribution is 2.40. The van der Waals surface area contributed by atoms with Crippen molar-refractivity contribution >= 4 is 11.6 Å². The van der Waals surface area contributed by atoms with Crippen LogP contribution in [0.1, 0.15) is 18.1 Å². The molecule has 2 nitrogen and oxygen atoms in total. The Morgan fingerprint density at radius 2 is 1.86 bits per heavy atom. The standard InChI is InChI=1S/C19H18O2/c1-13(2)19-17(16-6-4-5-7-18(16)21-19)12-14-8-10-15(20-3)11-9-14/h4-12,19H,1H2,2-3H3/b17-12+/t19-/m1/s1. The van der Waals surface area contributed by atoms with Crippen molar-refractivity contribution in [2.24, 2.45) is 0 Å². The third-order valence-electron chi connectivity index (χ3n) is 3.61. The molecule has 0 N–H and O–H groups in total. The summed E-state index contributed by atoms with van der Waals surface area (Å²) < 4.78 is 11.2. The first-order valence-corrected chi connectivity index (χ1v) is 6.96. The number of fused-ring (bicyclic) bond motifs is 1. The molecular formula is C19H18O2. The molecule has 1 aliphatic rings. The van der Waals surface area contributed by atoms with Crippen LogP contribution in [0.2, 0.25) is 0 Å². The van der Waals surface area contributed by atoms with Crippen molar-refractivity contribution < 1.29 is 9.47 Å². The monoisotopic (exact) mass is 278 g/mol. The molecule has 0 aliphatic carbocycles. The van der Waals surface area contributed by atoms with Crippen LogP contribution < -0.4 is 9.47 Å². The maximum atomic E-state index is 6.01. The maximum Gasteiger partial charge on any atom is 0.145 e. The van der Waals surface area contributed by atoms with Crippen LogP contribution in [-0.2, 0) is 0 Å². The van der Waals surface area contributed by atoms with E-state index in [9.17, 15) is 0 Å². The topological polar surface area (TPSA) is 18.5 Å². The Kier molecular flexibility index (Phi) is 3.53. The summed E-state index contributed by atoms with van der Waals surface area (Å²) in [5.74, 6) is 1.78. The van der Waals surface area contributed by atoms with Gasteiger partial charge in [0.2, 0.25) is 0 Å². The summed E-state index contributed by atoms with van der Waals surface area (Å²) in [4.78, 5) is 0. The number of para-hydroxylation sites is 1. The summed E-state index contributed by atoms with van der Waals surface area (Å²) in [6, 6.07) is 16.1. The Bertz CT molecular complexity index is 696. The summed E-state index contributed by atoms with van der Waals surface area (Å²) in [5.41, 5.74) is 4.42. The first-order valence-electron chi connectivity index (χ1n) is 6.96. The second-order valence-corrected chi connectivity index (χ2v) is 5.21. The predicted molar refractivity (Wildman–Crippen MR) is 86.5 cm³/mol. The Hall–Kier alpha value is -2.48. The molecule has 0 saturated carbocycles. The Labute approximate surface area is 125 Å². The number of ether oxygens (including phenoxy) is 2. The van der Waals surface area contributed by atoms with Crippen molar-refractivity contribution in [3.63, 3.8) is 0 Å². The predicted octanol–water partition coefficient (Wildman–Crippen LogP) is 4.57. The molecule has 0 amide bonds. The van der Waals surface area contributed by atoms with Gasteiger partial charge in [0.15, 0.2) is 0 Å². The molecule has 0 radical (unpaired) electrons. The van der Waals surface area contributed by atoms with Crippen LogP contribution in [0.3, 0.4) is 0 Å². The first kappa shape index (κ1) is 13.5. The zero-order valence-corrected chi connectivity index (χ0v) is 12.3. The molecule has 3 rings (SSSR count). The number of hydrogen-bond acceptors (Lipinski definition) is 2. The molecule has 2 aromatic carbocycles. The van der Waals surface area contributed by atoms with E-state index < -0.39 is 0 Å². The van der Waals surface area contributed by atoms with Crippen molar-refractivity contribution in [2.75, 3.05) is 7.11 Å². The molecule has 1 aliphatic heterocycles. The lowest BCUT2D eigenvalue weighted by Crippen LogP contribution is -2.12. The van der Waals surface area contributed by atoms with E-state index in [4.69, 9.17) is 9.47 Å². The summed E-state index contributed by atoms with van der Waals surface area (Å²) in [7, 11) is 1.67. The smallest absolute Gasteiger partial charge is 0.145 e. The third kappa shape index (κ3) is 2.57. The number of benzene rings is 2. The van der Waals surface area contributed by atoms with Crippen molar-refractivity contribution in [3.05, 3.63) is 71.8 Å². The Balaban J connectivity index is 2.04. The quantitative estimate of drug-likeness (QED) is 0.765. The molecule has 0 spiro atoms. The van der Waals surface area contributed by atoms with Crippen molar-refractivity contribution in [3.8, 4) is 11.5 Å². The van der Waals surface area contributed by atoms with Crippen LogP contribution in [0, 0.1) is 0 Å². The molecule has 0 aromatic heterocycles. The van der Waals surface area contributed by atoms with Crippen LogP contribution >= 0.6 is 0 Å². The van der Waals surface area contributed by atoms with E-state index in [0.29, 0.717) is 0 Å². The fourth-order valence-corrected chi connectivity index (χ4v) is 2.54. The second-order valence-electron chi connectivity index (χ2n) is 5.21. The molecule has 1 atom stereocenters. The lowest BCUT2D eigenvalue weighted by atomic mass is 9.96. The average Bonchev–Trinajstić information content (AvgIpc) is 2.87. The molecule has 0 saturated heterocycles. The van der Waals surface area contributed by atoms with Crippen LogP contribution in [0.15, 0.2) is 60.7 Å². The second kappa shape index (κ2) is 5.49. The molecule has 1 heterocycles. The normalized spacial score (nSPS) is 18.2. The highest BCUT2D eigenvalue weighted by molar-refractivity contribution is 5.90. The van der Waals surface area contributed by atoms with Gasteiger partial charge in [0.1, 0.15) is 17.6 Å². The van der Waals surface area contributed by atoms with Gasteiger partial charge in [-0.1, -0.05) is 36.9 Å². The zero-order valence-electron chi connectivity index (χ0n) is 12.3. The summed E-state index contributed by atoms with van der Waals surface area (Å²) in [6.07, 6.45) is 2.08. The number of rotatable bonds is 3. The lowest BCUT2D eigenvalue weighted by molar-refractivity contribution is 0.312. The van der Waals surface area contributed by atoms with Gasteiger partial charge < -0.3 is 9.47 Å². The number of methoxy groups -OCH3 is 1. The van der Waals surface area contributed by atoms with Gasteiger partial charge in [0.25, 0.3) is 0 Å². The first-order chi connectivity index (χ1) is 10.2. The minimum Gasteiger partial charge on any atom is -0.497 e.